The van der Waals surface area contributed by atoms with Crippen molar-refractivity contribution >= 4 is 0 Å². The molecule has 0 saturated heterocycles. The van der Waals surface area contributed by atoms with Crippen molar-refractivity contribution in [1.29, 1.82) is 0 Å². The van der Waals surface area contributed by atoms with Crippen molar-refractivity contribution in [2.75, 3.05) is 6.61 Å². The van der Waals surface area contributed by atoms with E-state index in [0.717, 1.165) is 0 Å². The molecule has 0 aliphatic carbocycles. The predicted octanol–water partition coefficient (Wildman–Crippen LogP) is -2.24. The zero-order valence-electron chi connectivity index (χ0n) is 6.88. The molecule has 12 heteroatoms. The van der Waals surface area contributed by atoms with Crippen LogP contribution in [0.25, 0.3) is 0 Å². The third-order valence-electron chi connectivity index (χ3n) is 1.30. The molecule has 0 aromatic heterocycles. The molecule has 0 radical (unpaired) electrons. The first kappa shape index (κ1) is 13.1. The smallest absolute Gasteiger partial charge is 0.346 e. The Kier molecular flexibility index (Phi) is 3.96. The van der Waals surface area contributed by atoms with Crippen LogP contribution in [0.2, 0.25) is 0 Å². The van der Waals surface area contributed by atoms with E-state index in [1.807, 2.05) is 0 Å². The van der Waals surface area contributed by atoms with Crippen molar-refractivity contribution < 1.29 is 29.7 Å². The first-order valence-corrected chi connectivity index (χ1v) is 3.16. The Hall–Kier alpha value is -1.92. The number of nitro groups is 3. The molecule has 0 atom stereocenters. The molecule has 86 valence electrons. The van der Waals surface area contributed by atoms with Crippen molar-refractivity contribution in [3.8, 4) is 0 Å². The minimum Gasteiger partial charge on any atom is -0.346 e. The van der Waals surface area contributed by atoms with Crippen LogP contribution in [0.15, 0.2) is 0 Å². The standard InChI is InChI=1S/C3H5N3O9/c7-2(8)15-1-3(4(9)10,5(11)12)6(13)14/h2,7-8H,1H2. The van der Waals surface area contributed by atoms with Gasteiger partial charge in [0.1, 0.15) is 0 Å². The maximum absolute atomic E-state index is 10.2. The Morgan fingerprint density at radius 2 is 1.40 bits per heavy atom. The zero-order valence-corrected chi connectivity index (χ0v) is 6.88. The normalized spacial score (nSPS) is 11.4. The second kappa shape index (κ2) is 4.54. The highest BCUT2D eigenvalue weighted by molar-refractivity contribution is 4.50. The number of hydrogen-bond donors (Lipinski definition) is 2. The Labute approximate surface area is 80.1 Å². The van der Waals surface area contributed by atoms with Crippen molar-refractivity contribution in [2.24, 2.45) is 0 Å². The van der Waals surface area contributed by atoms with Crippen LogP contribution in [0, 0.1) is 30.3 Å². The summed E-state index contributed by atoms with van der Waals surface area (Å²) in [6.07, 6.45) is 0. The summed E-state index contributed by atoms with van der Waals surface area (Å²) in [4.78, 5) is 25.2. The van der Waals surface area contributed by atoms with Crippen LogP contribution < -0.4 is 0 Å². The number of ether oxygens (including phenoxy) is 1. The van der Waals surface area contributed by atoms with Crippen molar-refractivity contribution in [3.63, 3.8) is 0 Å². The third-order valence-corrected chi connectivity index (χ3v) is 1.30. The van der Waals surface area contributed by atoms with Crippen molar-refractivity contribution in [1.82, 2.24) is 0 Å². The summed E-state index contributed by atoms with van der Waals surface area (Å²) in [6, 6.07) is 0. The fourth-order valence-corrected chi connectivity index (χ4v) is 0.544. The Morgan fingerprint density at radius 1 is 1.07 bits per heavy atom. The molecule has 2 N–H and O–H groups in total. The molecular formula is C3H5N3O9. The second-order valence-corrected chi connectivity index (χ2v) is 2.18. The van der Waals surface area contributed by atoms with E-state index in [1.54, 1.807) is 0 Å². The van der Waals surface area contributed by atoms with Gasteiger partial charge < -0.3 is 14.9 Å². The Bertz CT molecular complexity index is 250. The monoisotopic (exact) mass is 227 g/mol. The molecule has 0 bridgehead atoms. The van der Waals surface area contributed by atoms with Crippen LogP contribution in [0.1, 0.15) is 0 Å². The lowest BCUT2D eigenvalue weighted by Gasteiger charge is -2.09. The van der Waals surface area contributed by atoms with E-state index in [1.165, 1.54) is 0 Å². The Balaban J connectivity index is 5.07. The average molecular weight is 227 g/mol. The molecule has 15 heavy (non-hydrogen) atoms. The SMILES string of the molecule is O=[N+]([O-])C(COC(O)O)([N+](=O)[O-])[N+](=O)[O-]. The van der Waals surface area contributed by atoms with Gasteiger partial charge in [-0.1, -0.05) is 0 Å². The summed E-state index contributed by atoms with van der Waals surface area (Å²) in [6.45, 7) is -4.29. The van der Waals surface area contributed by atoms with Gasteiger partial charge in [-0.3, -0.25) is 30.3 Å². The quantitative estimate of drug-likeness (QED) is 0.288. The maximum Gasteiger partial charge on any atom is 0.723 e. The summed E-state index contributed by atoms with van der Waals surface area (Å²) in [7, 11) is 0. The molecule has 0 unspecified atom stereocenters. The summed E-state index contributed by atoms with van der Waals surface area (Å²) < 4.78 is 3.68. The molecule has 0 spiro atoms. The highest BCUT2D eigenvalue weighted by atomic mass is 16.8. The molecule has 0 aromatic rings. The maximum atomic E-state index is 10.2. The van der Waals surface area contributed by atoms with E-state index in [2.05, 4.69) is 4.74 Å². The molecule has 0 heterocycles. The number of aliphatic hydroxyl groups excluding tert-OH is 1. The molecule has 0 amide bonds. The van der Waals surface area contributed by atoms with E-state index < -0.39 is 33.6 Å². The van der Waals surface area contributed by atoms with Gasteiger partial charge in [-0.25, -0.2) is 0 Å². The molecular weight excluding hydrogens is 222 g/mol. The predicted molar refractivity (Wildman–Crippen MR) is 37.9 cm³/mol. The lowest BCUT2D eigenvalue weighted by atomic mass is 10.4. The minimum absolute atomic E-state index is 1.71. The van der Waals surface area contributed by atoms with Gasteiger partial charge in [0.05, 0.1) is 0 Å². The number of nitrogens with zero attached hydrogens (tertiary/aromatic N) is 3. The van der Waals surface area contributed by atoms with Crippen molar-refractivity contribution in [2.45, 2.75) is 12.3 Å². The molecule has 0 aliphatic heterocycles. The van der Waals surface area contributed by atoms with Crippen LogP contribution in [0.4, 0.5) is 0 Å². The van der Waals surface area contributed by atoms with Crippen LogP contribution in [-0.4, -0.2) is 43.9 Å². The summed E-state index contributed by atoms with van der Waals surface area (Å²) in [5.41, 5.74) is 0. The fourth-order valence-electron chi connectivity index (χ4n) is 0.544. The van der Waals surface area contributed by atoms with Crippen LogP contribution in [-0.2, 0) is 4.74 Å². The van der Waals surface area contributed by atoms with E-state index >= 15 is 0 Å². The lowest BCUT2D eigenvalue weighted by Crippen LogP contribution is -2.57. The van der Waals surface area contributed by atoms with Crippen LogP contribution >= 0.6 is 0 Å². The summed E-state index contributed by atoms with van der Waals surface area (Å²) in [5, 5.41) is 46.8. The van der Waals surface area contributed by atoms with Gasteiger partial charge in [-0.2, -0.15) is 0 Å². The lowest BCUT2D eigenvalue weighted by molar-refractivity contribution is -0.971. The molecule has 12 nitrogen and oxygen atoms in total. The molecule has 0 aromatic carbocycles. The minimum atomic E-state index is -3.84. The van der Waals surface area contributed by atoms with Gasteiger partial charge >= 0.3 is 5.79 Å². The highest BCUT2D eigenvalue weighted by Gasteiger charge is 2.71. The van der Waals surface area contributed by atoms with E-state index in [0.29, 0.717) is 0 Å². The topological polar surface area (TPSA) is 179 Å². The zero-order chi connectivity index (χ0) is 12.2. The first-order valence-electron chi connectivity index (χ1n) is 3.16. The van der Waals surface area contributed by atoms with Gasteiger partial charge in [0.15, 0.2) is 14.8 Å². The summed E-state index contributed by atoms with van der Waals surface area (Å²) >= 11 is 0. The van der Waals surface area contributed by atoms with E-state index in [-0.39, 0.29) is 0 Å². The van der Waals surface area contributed by atoms with Gasteiger partial charge in [-0.15, -0.1) is 0 Å². The van der Waals surface area contributed by atoms with E-state index in [4.69, 9.17) is 10.2 Å². The number of hydrogen-bond acceptors (Lipinski definition) is 9. The first-order chi connectivity index (χ1) is 6.75. The van der Waals surface area contributed by atoms with Gasteiger partial charge in [0.2, 0.25) is 0 Å². The average Bonchev–Trinajstić information content (AvgIpc) is 2.02. The largest absolute Gasteiger partial charge is 0.723 e. The Morgan fingerprint density at radius 3 is 1.60 bits per heavy atom. The van der Waals surface area contributed by atoms with Gasteiger partial charge in [0.25, 0.3) is 13.1 Å². The third kappa shape index (κ3) is 2.52. The number of aliphatic hydroxyl groups is 2. The second-order valence-electron chi connectivity index (χ2n) is 2.18. The molecule has 0 fully saturated rings. The van der Waals surface area contributed by atoms with Crippen molar-refractivity contribution in [3.05, 3.63) is 30.3 Å². The van der Waals surface area contributed by atoms with E-state index in [9.17, 15) is 30.3 Å². The molecule has 0 saturated carbocycles. The highest BCUT2D eigenvalue weighted by Crippen LogP contribution is 2.13. The fraction of sp³-hybridized carbons (Fsp3) is 1.00. The van der Waals surface area contributed by atoms with Crippen LogP contribution in [0.5, 0.6) is 0 Å². The molecule has 0 aliphatic rings. The van der Waals surface area contributed by atoms with Crippen LogP contribution in [0.3, 0.4) is 0 Å². The molecule has 0 rings (SSSR count). The summed E-state index contributed by atoms with van der Waals surface area (Å²) in [5.74, 6) is -3.84. The van der Waals surface area contributed by atoms with Gasteiger partial charge in [-0.05, 0) is 0 Å². The number of rotatable bonds is 6. The van der Waals surface area contributed by atoms with Gasteiger partial charge in [0, 0.05) is 0 Å².